The normalized spacial score (nSPS) is 19.9. The Kier molecular flexibility index (Phi) is 5.69. The van der Waals surface area contributed by atoms with Gasteiger partial charge in [0.05, 0.1) is 0 Å². The van der Waals surface area contributed by atoms with E-state index in [2.05, 4.69) is 5.32 Å². The van der Waals surface area contributed by atoms with Gasteiger partial charge in [-0.1, -0.05) is 32.1 Å². The van der Waals surface area contributed by atoms with Crippen molar-refractivity contribution in [2.45, 2.75) is 57.9 Å². The van der Waals surface area contributed by atoms with E-state index in [0.717, 1.165) is 18.9 Å². The molecule has 1 aliphatic carbocycles. The number of nitrogens with two attached hydrogens (primary N) is 1. The number of carbonyl (C=O) groups is 1. The Bertz CT molecular complexity index is 186. The molecule has 0 aromatic heterocycles. The summed E-state index contributed by atoms with van der Waals surface area (Å²) < 4.78 is 0. The van der Waals surface area contributed by atoms with Crippen LogP contribution in [-0.2, 0) is 4.79 Å². The van der Waals surface area contributed by atoms with Gasteiger partial charge < -0.3 is 11.1 Å². The molecule has 3 nitrogen and oxygen atoms in total. The lowest BCUT2D eigenvalue weighted by atomic mass is 9.87. The molecule has 0 spiro atoms. The number of amides is 1. The van der Waals surface area contributed by atoms with E-state index in [0.29, 0.717) is 6.42 Å². The quantitative estimate of drug-likeness (QED) is 0.730. The van der Waals surface area contributed by atoms with E-state index in [1.54, 1.807) is 0 Å². The van der Waals surface area contributed by atoms with Gasteiger partial charge in [0.15, 0.2) is 0 Å². The molecule has 1 rings (SSSR count). The van der Waals surface area contributed by atoms with Crippen LogP contribution in [0, 0.1) is 5.92 Å². The molecule has 1 amide bonds. The SMILES string of the molecule is CC(N)CC(=O)NCCC1CCCCC1. The fourth-order valence-electron chi connectivity index (χ4n) is 2.26. The van der Waals surface area contributed by atoms with Crippen LogP contribution in [0.3, 0.4) is 0 Å². The van der Waals surface area contributed by atoms with Crippen LogP contribution in [0.5, 0.6) is 0 Å². The zero-order valence-electron chi connectivity index (χ0n) is 9.80. The van der Waals surface area contributed by atoms with E-state index < -0.39 is 0 Å². The molecule has 0 aromatic rings. The highest BCUT2D eigenvalue weighted by atomic mass is 16.1. The maximum absolute atomic E-state index is 11.3. The Labute approximate surface area is 92.8 Å². The standard InChI is InChI=1S/C12H24N2O/c1-10(13)9-12(15)14-8-7-11-5-3-2-4-6-11/h10-11H,2-9,13H2,1H3,(H,14,15). The fourth-order valence-corrected chi connectivity index (χ4v) is 2.26. The molecular weight excluding hydrogens is 188 g/mol. The third-order valence-corrected chi connectivity index (χ3v) is 3.11. The average Bonchev–Trinajstić information content (AvgIpc) is 2.18. The van der Waals surface area contributed by atoms with Crippen molar-refractivity contribution in [3.63, 3.8) is 0 Å². The molecule has 0 radical (unpaired) electrons. The summed E-state index contributed by atoms with van der Waals surface area (Å²) in [6, 6.07) is -0.0281. The van der Waals surface area contributed by atoms with Crippen molar-refractivity contribution in [2.24, 2.45) is 11.7 Å². The lowest BCUT2D eigenvalue weighted by molar-refractivity contribution is -0.121. The van der Waals surface area contributed by atoms with Crippen LogP contribution in [0.15, 0.2) is 0 Å². The largest absolute Gasteiger partial charge is 0.356 e. The molecule has 3 N–H and O–H groups in total. The second kappa shape index (κ2) is 6.83. The molecule has 0 bridgehead atoms. The Hall–Kier alpha value is -0.570. The van der Waals surface area contributed by atoms with Crippen LogP contribution < -0.4 is 11.1 Å². The van der Waals surface area contributed by atoms with Crippen LogP contribution in [0.2, 0.25) is 0 Å². The van der Waals surface area contributed by atoms with E-state index in [4.69, 9.17) is 5.73 Å². The van der Waals surface area contributed by atoms with Gasteiger partial charge in [-0.15, -0.1) is 0 Å². The second-order valence-corrected chi connectivity index (χ2v) is 4.82. The summed E-state index contributed by atoms with van der Waals surface area (Å²) in [6.07, 6.45) is 8.44. The first-order valence-electron chi connectivity index (χ1n) is 6.20. The van der Waals surface area contributed by atoms with Crippen molar-refractivity contribution in [3.05, 3.63) is 0 Å². The van der Waals surface area contributed by atoms with E-state index in [9.17, 15) is 4.79 Å². The molecule has 0 heterocycles. The van der Waals surface area contributed by atoms with Gasteiger partial charge in [0, 0.05) is 19.0 Å². The maximum Gasteiger partial charge on any atom is 0.221 e. The zero-order valence-corrected chi connectivity index (χ0v) is 9.80. The van der Waals surface area contributed by atoms with Gasteiger partial charge in [-0.25, -0.2) is 0 Å². The highest BCUT2D eigenvalue weighted by Crippen LogP contribution is 2.25. The first-order valence-corrected chi connectivity index (χ1v) is 6.20. The Morgan fingerprint density at radius 1 is 1.40 bits per heavy atom. The second-order valence-electron chi connectivity index (χ2n) is 4.82. The molecule has 1 aliphatic rings. The van der Waals surface area contributed by atoms with Crippen LogP contribution >= 0.6 is 0 Å². The predicted octanol–water partition coefficient (Wildman–Crippen LogP) is 1.81. The predicted molar refractivity (Wildman–Crippen MR) is 62.5 cm³/mol. The molecule has 1 fully saturated rings. The third kappa shape index (κ3) is 5.78. The highest BCUT2D eigenvalue weighted by molar-refractivity contribution is 5.76. The van der Waals surface area contributed by atoms with Gasteiger partial charge >= 0.3 is 0 Å². The summed E-state index contributed by atoms with van der Waals surface area (Å²) in [5.74, 6) is 0.940. The highest BCUT2D eigenvalue weighted by Gasteiger charge is 2.13. The number of nitrogens with one attached hydrogen (secondary N) is 1. The monoisotopic (exact) mass is 212 g/mol. The van der Waals surface area contributed by atoms with Crippen molar-refractivity contribution < 1.29 is 4.79 Å². The Balaban J connectivity index is 2.02. The van der Waals surface area contributed by atoms with Crippen molar-refractivity contribution in [1.29, 1.82) is 0 Å². The first kappa shape index (κ1) is 12.5. The Morgan fingerprint density at radius 2 is 2.07 bits per heavy atom. The fraction of sp³-hybridized carbons (Fsp3) is 0.917. The van der Waals surface area contributed by atoms with E-state index in [-0.39, 0.29) is 11.9 Å². The summed E-state index contributed by atoms with van der Waals surface area (Å²) in [6.45, 7) is 2.69. The molecule has 3 heteroatoms. The third-order valence-electron chi connectivity index (χ3n) is 3.11. The minimum atomic E-state index is -0.0281. The molecule has 1 saturated carbocycles. The molecule has 1 atom stereocenters. The molecule has 1 unspecified atom stereocenters. The summed E-state index contributed by atoms with van der Waals surface area (Å²) >= 11 is 0. The number of rotatable bonds is 5. The van der Waals surface area contributed by atoms with Gasteiger partial charge in [0.25, 0.3) is 0 Å². The van der Waals surface area contributed by atoms with Crippen LogP contribution in [0.1, 0.15) is 51.9 Å². The van der Waals surface area contributed by atoms with Crippen molar-refractivity contribution in [2.75, 3.05) is 6.54 Å². The number of hydrogen-bond acceptors (Lipinski definition) is 2. The van der Waals surface area contributed by atoms with Gasteiger partial charge in [-0.05, 0) is 19.3 Å². The number of hydrogen-bond donors (Lipinski definition) is 2. The van der Waals surface area contributed by atoms with E-state index >= 15 is 0 Å². The van der Waals surface area contributed by atoms with E-state index in [1.807, 2.05) is 6.92 Å². The van der Waals surface area contributed by atoms with Gasteiger partial charge in [0.2, 0.25) is 5.91 Å². The van der Waals surface area contributed by atoms with Crippen molar-refractivity contribution >= 4 is 5.91 Å². The summed E-state index contributed by atoms with van der Waals surface area (Å²) in [5.41, 5.74) is 5.55. The summed E-state index contributed by atoms with van der Waals surface area (Å²) in [5, 5.41) is 2.94. The minimum absolute atomic E-state index is 0.0281. The Morgan fingerprint density at radius 3 is 2.67 bits per heavy atom. The molecule has 0 aliphatic heterocycles. The zero-order chi connectivity index (χ0) is 11.1. The molecular formula is C12H24N2O. The maximum atomic E-state index is 11.3. The summed E-state index contributed by atoms with van der Waals surface area (Å²) in [4.78, 5) is 11.3. The van der Waals surface area contributed by atoms with Crippen LogP contribution in [0.25, 0.3) is 0 Å². The number of carbonyl (C=O) groups excluding carboxylic acids is 1. The smallest absolute Gasteiger partial charge is 0.221 e. The molecule has 88 valence electrons. The molecule has 15 heavy (non-hydrogen) atoms. The first-order chi connectivity index (χ1) is 7.18. The van der Waals surface area contributed by atoms with Gasteiger partial charge in [-0.3, -0.25) is 4.79 Å². The minimum Gasteiger partial charge on any atom is -0.356 e. The van der Waals surface area contributed by atoms with Crippen molar-refractivity contribution in [1.82, 2.24) is 5.32 Å². The van der Waals surface area contributed by atoms with Crippen LogP contribution in [0.4, 0.5) is 0 Å². The summed E-state index contributed by atoms with van der Waals surface area (Å²) in [7, 11) is 0. The van der Waals surface area contributed by atoms with Gasteiger partial charge in [-0.2, -0.15) is 0 Å². The molecule has 0 aromatic carbocycles. The van der Waals surface area contributed by atoms with Crippen molar-refractivity contribution in [3.8, 4) is 0 Å². The van der Waals surface area contributed by atoms with Gasteiger partial charge in [0.1, 0.15) is 0 Å². The lowest BCUT2D eigenvalue weighted by Gasteiger charge is -2.21. The average molecular weight is 212 g/mol. The van der Waals surface area contributed by atoms with Crippen LogP contribution in [-0.4, -0.2) is 18.5 Å². The topological polar surface area (TPSA) is 55.1 Å². The lowest BCUT2D eigenvalue weighted by Crippen LogP contribution is -2.31. The van der Waals surface area contributed by atoms with E-state index in [1.165, 1.54) is 32.1 Å². The molecule has 0 saturated heterocycles.